The lowest BCUT2D eigenvalue weighted by Gasteiger charge is -2.09. The number of aromatic carboxylic acids is 1. The average molecular weight is 259 g/mol. The number of ether oxygens (including phenoxy) is 1. The predicted molar refractivity (Wildman–Crippen MR) is 69.2 cm³/mol. The molecule has 0 saturated heterocycles. The molecule has 1 aromatic heterocycles. The summed E-state index contributed by atoms with van der Waals surface area (Å²) >= 11 is 0. The van der Waals surface area contributed by atoms with Crippen molar-refractivity contribution in [3.05, 3.63) is 48.2 Å². The summed E-state index contributed by atoms with van der Waals surface area (Å²) in [6.45, 7) is 6.01. The lowest BCUT2D eigenvalue weighted by atomic mass is 10.1. The van der Waals surface area contributed by atoms with E-state index < -0.39 is 5.97 Å². The Morgan fingerprint density at radius 1 is 1.47 bits per heavy atom. The molecule has 0 spiro atoms. The van der Waals surface area contributed by atoms with Gasteiger partial charge in [-0.1, -0.05) is 23.9 Å². The second-order valence-corrected chi connectivity index (χ2v) is 4.12. The summed E-state index contributed by atoms with van der Waals surface area (Å²) in [6.07, 6.45) is 0. The third-order valence-corrected chi connectivity index (χ3v) is 2.36. The molecule has 1 heterocycles. The Balaban J connectivity index is 2.32. The molecule has 5 nitrogen and oxygen atoms in total. The quantitative estimate of drug-likeness (QED) is 0.835. The molecule has 2 aromatic rings. The summed E-state index contributed by atoms with van der Waals surface area (Å²) in [5.74, 6) is -0.750. The van der Waals surface area contributed by atoms with E-state index in [0.29, 0.717) is 23.6 Å². The van der Waals surface area contributed by atoms with Gasteiger partial charge in [-0.05, 0) is 24.6 Å². The molecule has 5 heteroatoms. The van der Waals surface area contributed by atoms with Crippen LogP contribution in [0.5, 0.6) is 5.75 Å². The number of hydrogen-bond donors (Lipinski definition) is 1. The van der Waals surface area contributed by atoms with Crippen molar-refractivity contribution in [2.45, 2.75) is 6.92 Å². The zero-order valence-corrected chi connectivity index (χ0v) is 10.4. The van der Waals surface area contributed by atoms with Crippen molar-refractivity contribution in [1.82, 2.24) is 5.16 Å². The van der Waals surface area contributed by atoms with Crippen molar-refractivity contribution in [1.29, 1.82) is 0 Å². The summed E-state index contributed by atoms with van der Waals surface area (Å²) in [4.78, 5) is 10.8. The van der Waals surface area contributed by atoms with Gasteiger partial charge >= 0.3 is 5.97 Å². The van der Waals surface area contributed by atoms with Gasteiger partial charge in [0, 0.05) is 11.6 Å². The number of carboxylic acids is 1. The van der Waals surface area contributed by atoms with E-state index in [4.69, 9.17) is 14.4 Å². The maximum atomic E-state index is 10.8. The monoisotopic (exact) mass is 259 g/mol. The van der Waals surface area contributed by atoms with Crippen LogP contribution in [0.2, 0.25) is 0 Å². The third-order valence-electron chi connectivity index (χ3n) is 2.36. The van der Waals surface area contributed by atoms with E-state index in [1.54, 1.807) is 12.1 Å². The Labute approximate surface area is 110 Å². The van der Waals surface area contributed by atoms with E-state index in [2.05, 4.69) is 11.7 Å². The van der Waals surface area contributed by atoms with Gasteiger partial charge in [-0.15, -0.1) is 0 Å². The minimum Gasteiger partial charge on any atom is -0.489 e. The Hall–Kier alpha value is -2.56. The molecular weight excluding hydrogens is 246 g/mol. The summed E-state index contributed by atoms with van der Waals surface area (Å²) in [6, 6.07) is 8.59. The van der Waals surface area contributed by atoms with Gasteiger partial charge in [0.05, 0.1) is 0 Å². The molecule has 0 aliphatic rings. The SMILES string of the molecule is C=C(C)COc1ccccc1-c1cc(C(=O)O)on1. The summed E-state index contributed by atoms with van der Waals surface area (Å²) < 4.78 is 10.3. The van der Waals surface area contributed by atoms with Crippen LogP contribution in [0.15, 0.2) is 47.0 Å². The van der Waals surface area contributed by atoms with Crippen LogP contribution in [-0.4, -0.2) is 22.8 Å². The van der Waals surface area contributed by atoms with Crippen LogP contribution in [0, 0.1) is 0 Å². The highest BCUT2D eigenvalue weighted by molar-refractivity contribution is 5.86. The van der Waals surface area contributed by atoms with Gasteiger partial charge in [-0.25, -0.2) is 4.79 Å². The minimum absolute atomic E-state index is 0.204. The molecule has 0 amide bonds. The molecule has 0 unspecified atom stereocenters. The average Bonchev–Trinajstić information content (AvgIpc) is 2.86. The largest absolute Gasteiger partial charge is 0.489 e. The van der Waals surface area contributed by atoms with Gasteiger partial charge in [-0.3, -0.25) is 0 Å². The van der Waals surface area contributed by atoms with E-state index in [9.17, 15) is 4.79 Å². The van der Waals surface area contributed by atoms with Gasteiger partial charge in [0.1, 0.15) is 18.1 Å². The third kappa shape index (κ3) is 3.01. The maximum Gasteiger partial charge on any atom is 0.374 e. The Bertz CT molecular complexity index is 615. The number of benzene rings is 1. The molecule has 0 saturated carbocycles. The predicted octanol–water partition coefficient (Wildman–Crippen LogP) is 2.99. The normalized spacial score (nSPS) is 10.2. The van der Waals surface area contributed by atoms with E-state index in [1.165, 1.54) is 6.07 Å². The number of rotatable bonds is 5. The van der Waals surface area contributed by atoms with E-state index in [1.807, 2.05) is 19.1 Å². The fourth-order valence-electron chi connectivity index (χ4n) is 1.51. The minimum atomic E-state index is -1.15. The molecule has 2 rings (SSSR count). The lowest BCUT2D eigenvalue weighted by Crippen LogP contribution is -1.99. The van der Waals surface area contributed by atoms with Gasteiger partial charge in [0.2, 0.25) is 5.76 Å². The second-order valence-electron chi connectivity index (χ2n) is 4.12. The molecule has 0 bridgehead atoms. The first-order valence-electron chi connectivity index (χ1n) is 5.64. The summed E-state index contributed by atoms with van der Waals surface area (Å²) in [7, 11) is 0. The first-order chi connectivity index (χ1) is 9.08. The van der Waals surface area contributed by atoms with E-state index in [-0.39, 0.29) is 5.76 Å². The highest BCUT2D eigenvalue weighted by atomic mass is 16.5. The smallest absolute Gasteiger partial charge is 0.374 e. The van der Waals surface area contributed by atoms with Crippen molar-refractivity contribution in [2.24, 2.45) is 0 Å². The fourth-order valence-corrected chi connectivity index (χ4v) is 1.51. The van der Waals surface area contributed by atoms with E-state index in [0.717, 1.165) is 5.57 Å². The van der Waals surface area contributed by atoms with Crippen molar-refractivity contribution in [2.75, 3.05) is 6.61 Å². The number of hydrogen-bond acceptors (Lipinski definition) is 4. The molecule has 0 atom stereocenters. The maximum absolute atomic E-state index is 10.8. The van der Waals surface area contributed by atoms with Crippen molar-refractivity contribution < 1.29 is 19.2 Å². The zero-order chi connectivity index (χ0) is 13.8. The first-order valence-corrected chi connectivity index (χ1v) is 5.64. The van der Waals surface area contributed by atoms with Crippen LogP contribution in [-0.2, 0) is 0 Å². The molecule has 1 aromatic carbocycles. The highest BCUT2D eigenvalue weighted by Crippen LogP contribution is 2.29. The van der Waals surface area contributed by atoms with Gasteiger partial charge < -0.3 is 14.4 Å². The van der Waals surface area contributed by atoms with Gasteiger partial charge in [0.25, 0.3) is 0 Å². The number of para-hydroxylation sites is 1. The number of carboxylic acid groups (broad SMARTS) is 1. The number of aromatic nitrogens is 1. The van der Waals surface area contributed by atoms with E-state index >= 15 is 0 Å². The Morgan fingerprint density at radius 3 is 2.84 bits per heavy atom. The van der Waals surface area contributed by atoms with Crippen LogP contribution in [0.1, 0.15) is 17.5 Å². The van der Waals surface area contributed by atoms with Crippen LogP contribution < -0.4 is 4.74 Å². The van der Waals surface area contributed by atoms with Crippen LogP contribution >= 0.6 is 0 Å². The molecule has 0 fully saturated rings. The van der Waals surface area contributed by atoms with Gasteiger partial charge in [0.15, 0.2) is 0 Å². The molecular formula is C14H13NO4. The van der Waals surface area contributed by atoms with Crippen molar-refractivity contribution in [3.8, 4) is 17.0 Å². The second kappa shape index (κ2) is 5.39. The fraction of sp³-hybridized carbons (Fsp3) is 0.143. The molecule has 0 radical (unpaired) electrons. The summed E-state index contributed by atoms with van der Waals surface area (Å²) in [5.41, 5.74) is 2.00. The Kier molecular flexibility index (Phi) is 3.66. The van der Waals surface area contributed by atoms with Crippen LogP contribution in [0.25, 0.3) is 11.3 Å². The molecule has 19 heavy (non-hydrogen) atoms. The zero-order valence-electron chi connectivity index (χ0n) is 10.4. The van der Waals surface area contributed by atoms with Crippen LogP contribution in [0.4, 0.5) is 0 Å². The molecule has 0 aliphatic heterocycles. The number of nitrogens with zero attached hydrogens (tertiary/aromatic N) is 1. The summed E-state index contributed by atoms with van der Waals surface area (Å²) in [5, 5.41) is 12.6. The topological polar surface area (TPSA) is 72.6 Å². The van der Waals surface area contributed by atoms with Crippen molar-refractivity contribution >= 4 is 5.97 Å². The molecule has 98 valence electrons. The Morgan fingerprint density at radius 2 is 2.21 bits per heavy atom. The molecule has 1 N–H and O–H groups in total. The van der Waals surface area contributed by atoms with Crippen molar-refractivity contribution in [3.63, 3.8) is 0 Å². The number of carbonyl (C=O) groups is 1. The first kappa shape index (κ1) is 12.9. The molecule has 0 aliphatic carbocycles. The lowest BCUT2D eigenvalue weighted by molar-refractivity contribution is 0.0652. The highest BCUT2D eigenvalue weighted by Gasteiger charge is 2.15. The van der Waals surface area contributed by atoms with Gasteiger partial charge in [-0.2, -0.15) is 0 Å². The van der Waals surface area contributed by atoms with Crippen LogP contribution in [0.3, 0.4) is 0 Å². The standard InChI is InChI=1S/C14H13NO4/c1-9(2)8-18-12-6-4-3-5-10(12)11-7-13(14(16)17)19-15-11/h3-7H,1,8H2,2H3,(H,16,17).